The Bertz CT molecular complexity index is 2020. The number of fused-ring (bicyclic) bond motifs is 5. The maximum Gasteiger partial charge on any atom is 0.408 e. The van der Waals surface area contributed by atoms with Gasteiger partial charge in [-0.05, 0) is 57.9 Å². The van der Waals surface area contributed by atoms with Crippen LogP contribution in [0.5, 0.6) is 0 Å². The van der Waals surface area contributed by atoms with E-state index < -0.39 is 112 Å². The highest BCUT2D eigenvalue weighted by Gasteiger charge is 2.78. The van der Waals surface area contributed by atoms with Crippen molar-refractivity contribution in [3.63, 3.8) is 0 Å². The van der Waals surface area contributed by atoms with E-state index in [2.05, 4.69) is 5.32 Å². The molecule has 2 aromatic rings. The lowest BCUT2D eigenvalue weighted by atomic mass is 9.45. The van der Waals surface area contributed by atoms with Gasteiger partial charge in [-0.3, -0.25) is 14.4 Å². The van der Waals surface area contributed by atoms with Crippen LogP contribution in [0.15, 0.2) is 71.8 Å². The van der Waals surface area contributed by atoms with E-state index in [0.29, 0.717) is 5.56 Å². The first-order chi connectivity index (χ1) is 27.0. The molecule has 3 fully saturated rings. The number of ketones is 2. The summed E-state index contributed by atoms with van der Waals surface area (Å²) in [7, 11) is 0. The molecule has 312 valence electrons. The number of alkyl carbamates (subject to hydrolysis) is 1. The van der Waals surface area contributed by atoms with Gasteiger partial charge in [0.15, 0.2) is 11.7 Å². The molecule has 1 aliphatic heterocycles. The molecular weight excluding hydrogens is 754 g/mol. The lowest BCUT2D eigenvalue weighted by molar-refractivity contribution is -0.343. The number of carbonyl (C=O) groups excluding carboxylic acids is 6. The van der Waals surface area contributed by atoms with Gasteiger partial charge in [-0.2, -0.15) is 0 Å². The summed E-state index contributed by atoms with van der Waals surface area (Å²) >= 11 is 0. The van der Waals surface area contributed by atoms with Gasteiger partial charge in [-0.25, -0.2) is 14.4 Å². The zero-order chi connectivity index (χ0) is 42.7. The summed E-state index contributed by atoms with van der Waals surface area (Å²) in [6, 6.07) is 14.5. The first-order valence-corrected chi connectivity index (χ1v) is 19.2. The van der Waals surface area contributed by atoms with E-state index >= 15 is 0 Å². The zero-order valence-corrected chi connectivity index (χ0v) is 33.8. The topological polar surface area (TPSA) is 221 Å². The molecule has 2 aromatic carbocycles. The fourth-order valence-electron chi connectivity index (χ4n) is 9.34. The lowest BCUT2D eigenvalue weighted by Crippen LogP contribution is -2.81. The van der Waals surface area contributed by atoms with Gasteiger partial charge < -0.3 is 44.3 Å². The molecule has 0 spiro atoms. The number of benzene rings is 2. The number of amides is 1. The Labute approximate surface area is 336 Å². The Morgan fingerprint density at radius 3 is 2.10 bits per heavy atom. The maximum absolute atomic E-state index is 14.8. The Hall–Kier alpha value is -4.96. The van der Waals surface area contributed by atoms with Crippen molar-refractivity contribution in [2.24, 2.45) is 16.7 Å². The molecule has 10 atom stereocenters. The van der Waals surface area contributed by atoms with Crippen molar-refractivity contribution in [3.05, 3.63) is 82.9 Å². The third kappa shape index (κ3) is 7.01. The second-order valence-corrected chi connectivity index (χ2v) is 17.4. The van der Waals surface area contributed by atoms with Gasteiger partial charge in [0.05, 0.1) is 35.6 Å². The monoisotopic (exact) mass is 805 g/mol. The van der Waals surface area contributed by atoms with Crippen LogP contribution < -0.4 is 5.32 Å². The highest BCUT2D eigenvalue weighted by atomic mass is 16.6. The first-order valence-electron chi connectivity index (χ1n) is 19.2. The van der Waals surface area contributed by atoms with Gasteiger partial charge in [0.1, 0.15) is 29.5 Å². The van der Waals surface area contributed by atoms with Gasteiger partial charge >= 0.3 is 24.0 Å². The van der Waals surface area contributed by atoms with Crippen molar-refractivity contribution < 1.29 is 67.8 Å². The van der Waals surface area contributed by atoms with Crippen LogP contribution in [0.2, 0.25) is 0 Å². The van der Waals surface area contributed by atoms with E-state index in [1.165, 1.54) is 39.8 Å². The second-order valence-electron chi connectivity index (χ2n) is 17.4. The number of nitrogens with one attached hydrogen (secondary N) is 1. The average Bonchev–Trinajstić information content (AvgIpc) is 3.14. The molecule has 6 rings (SSSR count). The molecule has 4 N–H and O–H groups in total. The van der Waals surface area contributed by atoms with Crippen LogP contribution in [0.3, 0.4) is 0 Å². The quantitative estimate of drug-likeness (QED) is 0.171. The van der Waals surface area contributed by atoms with Crippen LogP contribution >= 0.6 is 0 Å². The third-order valence-electron chi connectivity index (χ3n) is 12.4. The number of ether oxygens (including phenoxy) is 5. The summed E-state index contributed by atoms with van der Waals surface area (Å²) in [4.78, 5) is 83.5. The number of Topliss-reactive ketones (excluding diaryl/α,β-unsaturated/α-hetero) is 2. The van der Waals surface area contributed by atoms with Crippen molar-refractivity contribution in [1.29, 1.82) is 0 Å². The van der Waals surface area contributed by atoms with Crippen molar-refractivity contribution >= 4 is 35.6 Å². The highest BCUT2D eigenvalue weighted by Crippen LogP contribution is 2.63. The smallest absolute Gasteiger partial charge is 0.408 e. The minimum atomic E-state index is -2.41. The number of rotatable bonds is 8. The summed E-state index contributed by atoms with van der Waals surface area (Å²) in [5.41, 5.74) is -8.77. The van der Waals surface area contributed by atoms with E-state index in [0.717, 1.165) is 6.92 Å². The molecule has 15 heteroatoms. The second kappa shape index (κ2) is 15.0. The summed E-state index contributed by atoms with van der Waals surface area (Å²) < 4.78 is 29.4. The average molecular weight is 806 g/mol. The molecule has 15 nitrogen and oxygen atoms in total. The maximum atomic E-state index is 14.8. The molecule has 1 heterocycles. The SMILES string of the molecule is CC(=O)O[C@@]12CO[C@@H]1C[C@H](O)[C@@]1(C)C(=O)C(=O)C3=C(C)[C@H](OC(=O)[C@@H](O)[C@@H](NC(=O)OC(C)(C)C)c4ccccc4)C[C@@](O)([C@H](OC(=O)c4ccccc4)[C@H]21)C3(C)C. The van der Waals surface area contributed by atoms with E-state index in [9.17, 15) is 44.1 Å². The van der Waals surface area contributed by atoms with Gasteiger partial charge in [-0.1, -0.05) is 62.4 Å². The minimum Gasteiger partial charge on any atom is -0.456 e. The fourth-order valence-corrected chi connectivity index (χ4v) is 9.34. The lowest BCUT2D eigenvalue weighted by Gasteiger charge is -2.66. The number of hydrogen-bond donors (Lipinski definition) is 4. The van der Waals surface area contributed by atoms with E-state index in [4.69, 9.17) is 23.7 Å². The van der Waals surface area contributed by atoms with Gasteiger partial charge in [-0.15, -0.1) is 0 Å². The zero-order valence-electron chi connectivity index (χ0n) is 33.8. The van der Waals surface area contributed by atoms with Crippen LogP contribution in [-0.2, 0) is 42.9 Å². The van der Waals surface area contributed by atoms with Gasteiger partial charge in [0, 0.05) is 30.8 Å². The standard InChI is InChI=1S/C43H51NO14/c1-22-26(55-37(51)32(48)30(24-15-11-9-12-16-24)44-38(52)58-39(3,4)5)20-43(53)35(56-36(50)25-17-13-10-14-18-25)33-41(8,34(49)31(47)29(22)40(43,6)7)27(46)19-28-42(33,21-54-28)57-23(2)45/h9-18,26-28,30,32-33,35,46,48,53H,19-21H2,1-8H3,(H,44,52)/t26-,27+,28-,30+,32+,33+,35-,41-,42+,43-/m1/s1. The van der Waals surface area contributed by atoms with Crippen molar-refractivity contribution in [3.8, 4) is 0 Å². The summed E-state index contributed by atoms with van der Waals surface area (Å²) in [5.74, 6) is -6.80. The number of aliphatic hydroxyl groups excluding tert-OH is 2. The summed E-state index contributed by atoms with van der Waals surface area (Å²) in [6.07, 6.45) is -9.78. The molecule has 0 aromatic heterocycles. The van der Waals surface area contributed by atoms with Gasteiger partial charge in [0.2, 0.25) is 11.6 Å². The van der Waals surface area contributed by atoms with Crippen LogP contribution in [0, 0.1) is 16.7 Å². The highest BCUT2D eigenvalue weighted by molar-refractivity contribution is 6.46. The predicted molar refractivity (Wildman–Crippen MR) is 203 cm³/mol. The Kier molecular flexibility index (Phi) is 11.0. The molecule has 2 saturated carbocycles. The normalized spacial score (nSPS) is 32.4. The van der Waals surface area contributed by atoms with Crippen LogP contribution in [0.25, 0.3) is 0 Å². The minimum absolute atomic E-state index is 0.0602. The van der Waals surface area contributed by atoms with Crippen LogP contribution in [0.1, 0.15) is 90.2 Å². The summed E-state index contributed by atoms with van der Waals surface area (Å²) in [5, 5.41) is 39.3. The fraction of sp³-hybridized carbons (Fsp3) is 0.535. The number of carbonyl (C=O) groups is 6. The Balaban J connectivity index is 1.49. The molecular formula is C43H51NO14. The molecule has 1 saturated heterocycles. The Morgan fingerprint density at radius 2 is 1.55 bits per heavy atom. The molecule has 1 amide bonds. The van der Waals surface area contributed by atoms with Crippen molar-refractivity contribution in [1.82, 2.24) is 5.32 Å². The van der Waals surface area contributed by atoms with Gasteiger partial charge in [0.25, 0.3) is 0 Å². The predicted octanol–water partition coefficient (Wildman–Crippen LogP) is 3.47. The number of esters is 3. The number of aliphatic hydroxyl groups is 3. The van der Waals surface area contributed by atoms with Crippen molar-refractivity contribution in [2.45, 2.75) is 122 Å². The number of hydrogen-bond acceptors (Lipinski definition) is 14. The van der Waals surface area contributed by atoms with E-state index in [-0.39, 0.29) is 29.7 Å². The third-order valence-corrected chi connectivity index (χ3v) is 12.4. The first kappa shape index (κ1) is 42.6. The van der Waals surface area contributed by atoms with E-state index in [1.54, 1.807) is 69.3 Å². The largest absolute Gasteiger partial charge is 0.456 e. The summed E-state index contributed by atoms with van der Waals surface area (Å²) in [6.45, 7) is 11.5. The molecule has 0 unspecified atom stereocenters. The van der Waals surface area contributed by atoms with Crippen LogP contribution in [0.4, 0.5) is 4.79 Å². The molecule has 3 aliphatic carbocycles. The van der Waals surface area contributed by atoms with E-state index in [1.807, 2.05) is 0 Å². The van der Waals surface area contributed by atoms with Crippen molar-refractivity contribution in [2.75, 3.05) is 6.61 Å². The molecule has 4 aliphatic rings. The Morgan fingerprint density at radius 1 is 0.948 bits per heavy atom. The molecule has 58 heavy (non-hydrogen) atoms. The molecule has 0 radical (unpaired) electrons. The molecule has 2 bridgehead atoms. The van der Waals surface area contributed by atoms with Crippen LogP contribution in [-0.4, -0.2) is 105 Å².